The van der Waals surface area contributed by atoms with Gasteiger partial charge in [-0.25, -0.2) is 0 Å². The Kier molecular flexibility index (Phi) is 5.50. The minimum Gasteiger partial charge on any atom is -0.369 e. The first kappa shape index (κ1) is 18.5. The summed E-state index contributed by atoms with van der Waals surface area (Å²) >= 11 is 1.84. The molecule has 1 saturated heterocycles. The molecule has 1 fully saturated rings. The molecule has 1 amide bonds. The fraction of sp³-hybridized carbons (Fsp3) is 0.500. The van der Waals surface area contributed by atoms with Crippen molar-refractivity contribution in [1.29, 1.82) is 0 Å². The Balaban J connectivity index is 1.35. The van der Waals surface area contributed by atoms with Crippen molar-refractivity contribution in [2.24, 2.45) is 0 Å². The van der Waals surface area contributed by atoms with Gasteiger partial charge in [0.1, 0.15) is 0 Å². The van der Waals surface area contributed by atoms with Crippen LogP contribution in [0.1, 0.15) is 35.4 Å². The minimum absolute atomic E-state index is 0.265. The first-order valence-electron chi connectivity index (χ1n) is 10.1. The Morgan fingerprint density at radius 1 is 1.11 bits per heavy atom. The third-order valence-corrected chi connectivity index (χ3v) is 6.99. The second kappa shape index (κ2) is 8.03. The molecular formula is C22H29N3OS. The molecule has 1 aromatic heterocycles. The Hall–Kier alpha value is -1.85. The number of hydrogen-bond acceptors (Lipinski definition) is 4. The van der Waals surface area contributed by atoms with E-state index in [9.17, 15) is 4.79 Å². The first-order chi connectivity index (χ1) is 13.2. The van der Waals surface area contributed by atoms with Crippen LogP contribution in [0.3, 0.4) is 0 Å². The van der Waals surface area contributed by atoms with Gasteiger partial charge in [0.05, 0.1) is 12.6 Å². The van der Waals surface area contributed by atoms with Crippen LogP contribution in [0.5, 0.6) is 0 Å². The minimum atomic E-state index is 0.265. The van der Waals surface area contributed by atoms with E-state index in [4.69, 9.17) is 0 Å². The molecule has 2 aromatic rings. The summed E-state index contributed by atoms with van der Waals surface area (Å²) in [6.07, 6.45) is 2.01. The summed E-state index contributed by atoms with van der Waals surface area (Å²) < 4.78 is 0. The summed E-state index contributed by atoms with van der Waals surface area (Å²) in [6.45, 7) is 9.67. The van der Waals surface area contributed by atoms with Crippen molar-refractivity contribution in [2.45, 2.75) is 32.7 Å². The Morgan fingerprint density at radius 3 is 2.63 bits per heavy atom. The maximum absolute atomic E-state index is 13.0. The Morgan fingerprint density at radius 2 is 1.89 bits per heavy atom. The number of anilines is 1. The van der Waals surface area contributed by atoms with E-state index in [1.54, 1.807) is 0 Å². The third-order valence-electron chi connectivity index (χ3n) is 5.99. The van der Waals surface area contributed by atoms with Crippen LogP contribution in [0.4, 0.5) is 5.69 Å². The zero-order valence-corrected chi connectivity index (χ0v) is 17.2. The number of amides is 1. The number of thiophene rings is 1. The number of rotatable bonds is 4. The molecule has 4 nitrogen and oxygen atoms in total. The molecule has 0 radical (unpaired) electrons. The van der Waals surface area contributed by atoms with Crippen LogP contribution < -0.4 is 4.90 Å². The van der Waals surface area contributed by atoms with Gasteiger partial charge in [-0.3, -0.25) is 9.69 Å². The molecule has 4 rings (SSSR count). The second-order valence-electron chi connectivity index (χ2n) is 7.61. The molecule has 1 atom stereocenters. The number of hydrogen-bond donors (Lipinski definition) is 0. The molecule has 0 bridgehead atoms. The fourth-order valence-corrected chi connectivity index (χ4v) is 5.41. The van der Waals surface area contributed by atoms with Crippen LogP contribution in [-0.2, 0) is 11.2 Å². The number of aryl methyl sites for hydroxylation is 1. The predicted octanol–water partition coefficient (Wildman–Crippen LogP) is 3.71. The number of benzene rings is 1. The zero-order chi connectivity index (χ0) is 18.8. The number of carbonyl (C=O) groups excluding carboxylic acids is 1. The van der Waals surface area contributed by atoms with E-state index in [1.165, 1.54) is 21.7 Å². The first-order valence-corrected chi connectivity index (χ1v) is 10.9. The monoisotopic (exact) mass is 383 g/mol. The predicted molar refractivity (Wildman–Crippen MR) is 113 cm³/mol. The number of fused-ring (bicyclic) bond motifs is 1. The largest absolute Gasteiger partial charge is 0.369 e. The van der Waals surface area contributed by atoms with Crippen molar-refractivity contribution >= 4 is 22.9 Å². The number of para-hydroxylation sites is 1. The number of piperazine rings is 1. The van der Waals surface area contributed by atoms with E-state index < -0.39 is 0 Å². The van der Waals surface area contributed by atoms with Crippen LogP contribution in [0.2, 0.25) is 0 Å². The maximum atomic E-state index is 13.0. The zero-order valence-electron chi connectivity index (χ0n) is 16.4. The summed E-state index contributed by atoms with van der Waals surface area (Å²) in [5.41, 5.74) is 4.04. The standard InChI is InChI=1S/C22H29N3OS/c1-3-19-18-9-15-27-21(18)8-10-25(19)22(26)16-23-11-13-24(14-12-23)20-7-5-4-6-17(20)2/h4-7,9,15,19H,3,8,10-14,16H2,1-2H3. The summed E-state index contributed by atoms with van der Waals surface area (Å²) in [4.78, 5) is 21.4. The van der Waals surface area contributed by atoms with Gasteiger partial charge in [0.2, 0.25) is 5.91 Å². The number of carbonyl (C=O) groups is 1. The smallest absolute Gasteiger partial charge is 0.237 e. The molecule has 27 heavy (non-hydrogen) atoms. The molecule has 3 heterocycles. The van der Waals surface area contributed by atoms with Gasteiger partial charge in [-0.05, 0) is 48.4 Å². The van der Waals surface area contributed by atoms with Gasteiger partial charge in [-0.2, -0.15) is 0 Å². The van der Waals surface area contributed by atoms with Crippen molar-refractivity contribution in [3.8, 4) is 0 Å². The molecule has 2 aliphatic rings. The van der Waals surface area contributed by atoms with Crippen molar-refractivity contribution in [3.63, 3.8) is 0 Å². The molecule has 1 aromatic carbocycles. The van der Waals surface area contributed by atoms with Crippen LogP contribution in [-0.4, -0.2) is 55.0 Å². The summed E-state index contributed by atoms with van der Waals surface area (Å²) in [5, 5.41) is 2.17. The lowest BCUT2D eigenvalue weighted by Crippen LogP contribution is -2.51. The summed E-state index contributed by atoms with van der Waals surface area (Å²) in [7, 11) is 0. The van der Waals surface area contributed by atoms with Crippen molar-refractivity contribution in [3.05, 3.63) is 51.7 Å². The van der Waals surface area contributed by atoms with Crippen LogP contribution in [0.15, 0.2) is 35.7 Å². The lowest BCUT2D eigenvalue weighted by molar-refractivity contribution is -0.135. The van der Waals surface area contributed by atoms with Crippen molar-refractivity contribution < 1.29 is 4.79 Å². The van der Waals surface area contributed by atoms with Gasteiger partial charge in [0, 0.05) is 43.3 Å². The second-order valence-corrected chi connectivity index (χ2v) is 8.61. The van der Waals surface area contributed by atoms with E-state index in [0.717, 1.165) is 45.6 Å². The normalized spacial score (nSPS) is 20.6. The van der Waals surface area contributed by atoms with Crippen molar-refractivity contribution in [2.75, 3.05) is 44.2 Å². The van der Waals surface area contributed by atoms with Gasteiger partial charge >= 0.3 is 0 Å². The lowest BCUT2D eigenvalue weighted by Gasteiger charge is -2.39. The van der Waals surface area contributed by atoms with Gasteiger partial charge in [-0.15, -0.1) is 11.3 Å². The third kappa shape index (κ3) is 3.76. The van der Waals surface area contributed by atoms with E-state index in [2.05, 4.69) is 64.3 Å². The average Bonchev–Trinajstić information content (AvgIpc) is 3.17. The highest BCUT2D eigenvalue weighted by atomic mass is 32.1. The van der Waals surface area contributed by atoms with E-state index >= 15 is 0 Å². The highest BCUT2D eigenvalue weighted by Crippen LogP contribution is 2.35. The molecule has 0 saturated carbocycles. The van der Waals surface area contributed by atoms with Gasteiger partial charge in [0.25, 0.3) is 0 Å². The number of nitrogens with zero attached hydrogens (tertiary/aromatic N) is 3. The van der Waals surface area contributed by atoms with E-state index in [0.29, 0.717) is 12.5 Å². The fourth-order valence-electron chi connectivity index (χ4n) is 4.48. The molecule has 1 unspecified atom stereocenters. The van der Waals surface area contributed by atoms with E-state index in [-0.39, 0.29) is 6.04 Å². The van der Waals surface area contributed by atoms with Gasteiger partial charge < -0.3 is 9.80 Å². The topological polar surface area (TPSA) is 26.8 Å². The van der Waals surface area contributed by atoms with Gasteiger partial charge in [0.15, 0.2) is 0 Å². The molecule has 144 valence electrons. The van der Waals surface area contributed by atoms with Crippen molar-refractivity contribution in [1.82, 2.24) is 9.80 Å². The molecule has 0 aliphatic carbocycles. The van der Waals surface area contributed by atoms with Crippen LogP contribution in [0, 0.1) is 6.92 Å². The maximum Gasteiger partial charge on any atom is 0.237 e. The highest BCUT2D eigenvalue weighted by molar-refractivity contribution is 7.10. The average molecular weight is 384 g/mol. The van der Waals surface area contributed by atoms with Crippen LogP contribution >= 0.6 is 11.3 Å². The molecule has 0 N–H and O–H groups in total. The molecule has 2 aliphatic heterocycles. The Labute approximate surface area is 166 Å². The van der Waals surface area contributed by atoms with E-state index in [1.807, 2.05) is 11.3 Å². The quantitative estimate of drug-likeness (QED) is 0.805. The van der Waals surface area contributed by atoms with Gasteiger partial charge in [-0.1, -0.05) is 25.1 Å². The molecule has 0 spiro atoms. The highest BCUT2D eigenvalue weighted by Gasteiger charge is 2.31. The summed E-state index contributed by atoms with van der Waals surface area (Å²) in [5.74, 6) is 0.294. The van der Waals surface area contributed by atoms with Crippen LogP contribution in [0.25, 0.3) is 0 Å². The Bertz CT molecular complexity index is 794. The molecular weight excluding hydrogens is 354 g/mol. The summed E-state index contributed by atoms with van der Waals surface area (Å²) in [6, 6.07) is 11.1. The SMILES string of the molecule is CCC1c2ccsc2CCN1C(=O)CN1CCN(c2ccccc2C)CC1. The lowest BCUT2D eigenvalue weighted by atomic mass is 9.97. The molecule has 5 heteroatoms.